The number of carbonyl (C=O) groups excluding carboxylic acids is 2. The van der Waals surface area contributed by atoms with E-state index < -0.39 is 17.6 Å². The normalized spacial score (nSPS) is 17.2. The molecule has 2 aromatic heterocycles. The number of nitrogens with one attached hydrogen (secondary N) is 1. The highest BCUT2D eigenvalue weighted by molar-refractivity contribution is 7.17. The van der Waals surface area contributed by atoms with Crippen molar-refractivity contribution in [2.45, 2.75) is 44.7 Å². The largest absolute Gasteiger partial charge is 0.417 e. The molecular weight excluding hydrogens is 465 g/mol. The molecule has 1 fully saturated rings. The highest BCUT2D eigenvalue weighted by Crippen LogP contribution is 2.39. The van der Waals surface area contributed by atoms with E-state index >= 15 is 0 Å². The fourth-order valence-electron chi connectivity index (χ4n) is 4.30. The second kappa shape index (κ2) is 8.90. The van der Waals surface area contributed by atoms with Gasteiger partial charge in [0.2, 0.25) is 5.91 Å². The van der Waals surface area contributed by atoms with E-state index in [0.29, 0.717) is 36.5 Å². The lowest BCUT2D eigenvalue weighted by molar-refractivity contribution is -0.137. The van der Waals surface area contributed by atoms with Crippen LogP contribution in [-0.2, 0) is 23.8 Å². The SMILES string of the molecule is NC(=O)c1c(NC(=O)C2CCN(c3ncc(C(F)(F)F)cc3Cl)CC2)sc2c1CCCC2. The van der Waals surface area contributed by atoms with Gasteiger partial charge in [0.15, 0.2) is 0 Å². The Kier molecular flexibility index (Phi) is 6.35. The molecule has 0 unspecified atom stereocenters. The summed E-state index contributed by atoms with van der Waals surface area (Å²) in [6.07, 6.45) is 0.960. The summed E-state index contributed by atoms with van der Waals surface area (Å²) in [7, 11) is 0. The van der Waals surface area contributed by atoms with Gasteiger partial charge in [-0.3, -0.25) is 9.59 Å². The summed E-state index contributed by atoms with van der Waals surface area (Å²) in [5.41, 5.74) is 6.08. The molecule has 32 heavy (non-hydrogen) atoms. The molecule has 2 amide bonds. The lowest BCUT2D eigenvalue weighted by atomic mass is 9.94. The van der Waals surface area contributed by atoms with Gasteiger partial charge in [-0.2, -0.15) is 13.2 Å². The number of hydrogen-bond acceptors (Lipinski definition) is 5. The fraction of sp³-hybridized carbons (Fsp3) is 0.476. The molecule has 0 saturated carbocycles. The number of hydrogen-bond donors (Lipinski definition) is 2. The van der Waals surface area contributed by atoms with Crippen LogP contribution in [0.5, 0.6) is 0 Å². The standard InChI is InChI=1S/C21H22ClF3N4O2S/c22-14-9-12(21(23,24)25)10-27-18(14)29-7-5-11(6-8-29)19(31)28-20-16(17(26)30)13-3-1-2-4-15(13)32-20/h9-11H,1-8H2,(H2,26,30)(H,28,31). The molecule has 11 heteroatoms. The number of carbonyl (C=O) groups is 2. The van der Waals surface area contributed by atoms with Crippen molar-refractivity contribution in [1.82, 2.24) is 4.98 Å². The Labute approximate surface area is 191 Å². The number of thiophene rings is 1. The molecule has 1 saturated heterocycles. The van der Waals surface area contributed by atoms with Crippen molar-refractivity contribution in [3.63, 3.8) is 0 Å². The summed E-state index contributed by atoms with van der Waals surface area (Å²) in [5.74, 6) is -0.727. The average molecular weight is 487 g/mol. The highest BCUT2D eigenvalue weighted by Gasteiger charge is 2.33. The second-order valence-electron chi connectivity index (χ2n) is 8.06. The van der Waals surface area contributed by atoms with Crippen molar-refractivity contribution in [2.75, 3.05) is 23.3 Å². The van der Waals surface area contributed by atoms with E-state index in [1.807, 2.05) is 0 Å². The predicted octanol–water partition coefficient (Wildman–Crippen LogP) is 4.65. The number of amides is 2. The molecule has 2 aromatic rings. The minimum atomic E-state index is -4.51. The minimum Gasteiger partial charge on any atom is -0.365 e. The first-order valence-corrected chi connectivity index (χ1v) is 11.6. The minimum absolute atomic E-state index is 0.0713. The van der Waals surface area contributed by atoms with E-state index in [1.54, 1.807) is 4.90 Å². The number of nitrogens with two attached hydrogens (primary N) is 1. The zero-order valence-electron chi connectivity index (χ0n) is 17.1. The molecule has 1 aliphatic carbocycles. The van der Waals surface area contributed by atoms with E-state index in [-0.39, 0.29) is 22.7 Å². The Balaban J connectivity index is 1.42. The molecule has 1 aliphatic heterocycles. The summed E-state index contributed by atoms with van der Waals surface area (Å²) in [5, 5.41) is 3.35. The van der Waals surface area contributed by atoms with E-state index in [0.717, 1.165) is 48.4 Å². The van der Waals surface area contributed by atoms with Gasteiger partial charge < -0.3 is 16.0 Å². The maximum absolute atomic E-state index is 12.9. The zero-order valence-corrected chi connectivity index (χ0v) is 18.7. The van der Waals surface area contributed by atoms with Crippen molar-refractivity contribution >= 4 is 45.6 Å². The van der Waals surface area contributed by atoms with Gasteiger partial charge in [-0.15, -0.1) is 11.3 Å². The number of halogens is 4. The van der Waals surface area contributed by atoms with E-state index in [4.69, 9.17) is 17.3 Å². The number of aromatic nitrogens is 1. The Hall–Kier alpha value is -2.33. The first kappa shape index (κ1) is 22.8. The molecule has 0 aromatic carbocycles. The molecule has 0 spiro atoms. The van der Waals surface area contributed by atoms with Crippen LogP contribution in [0, 0.1) is 5.92 Å². The van der Waals surface area contributed by atoms with Crippen LogP contribution < -0.4 is 16.0 Å². The predicted molar refractivity (Wildman–Crippen MR) is 117 cm³/mol. The van der Waals surface area contributed by atoms with Gasteiger partial charge in [-0.25, -0.2) is 4.98 Å². The summed E-state index contributed by atoms with van der Waals surface area (Å²) in [4.78, 5) is 31.7. The molecule has 2 aliphatic rings. The Morgan fingerprint density at radius 3 is 2.53 bits per heavy atom. The van der Waals surface area contributed by atoms with Gasteiger partial charge in [0, 0.05) is 30.1 Å². The van der Waals surface area contributed by atoms with E-state index in [1.165, 1.54) is 11.3 Å². The third kappa shape index (κ3) is 4.56. The maximum Gasteiger partial charge on any atom is 0.417 e. The third-order valence-corrected chi connectivity index (χ3v) is 7.45. The van der Waals surface area contributed by atoms with E-state index in [2.05, 4.69) is 10.3 Å². The number of primary amides is 1. The number of alkyl halides is 3. The lowest BCUT2D eigenvalue weighted by Gasteiger charge is -2.32. The molecule has 0 bridgehead atoms. The number of anilines is 2. The topological polar surface area (TPSA) is 88.3 Å². The highest BCUT2D eigenvalue weighted by atomic mass is 35.5. The van der Waals surface area contributed by atoms with Crippen LogP contribution in [0.3, 0.4) is 0 Å². The van der Waals surface area contributed by atoms with Gasteiger partial charge in [-0.1, -0.05) is 11.6 Å². The number of pyridine rings is 1. The number of aryl methyl sites for hydroxylation is 1. The monoisotopic (exact) mass is 486 g/mol. The summed E-state index contributed by atoms with van der Waals surface area (Å²) in [6, 6.07) is 0.868. The second-order valence-corrected chi connectivity index (χ2v) is 9.57. The van der Waals surface area contributed by atoms with Gasteiger partial charge >= 0.3 is 6.18 Å². The van der Waals surface area contributed by atoms with Crippen LogP contribution in [0.15, 0.2) is 12.3 Å². The first-order chi connectivity index (χ1) is 15.1. The van der Waals surface area contributed by atoms with Crippen molar-refractivity contribution in [3.8, 4) is 0 Å². The molecule has 3 heterocycles. The van der Waals surface area contributed by atoms with Gasteiger partial charge in [0.25, 0.3) is 5.91 Å². The van der Waals surface area contributed by atoms with Crippen LogP contribution in [0.25, 0.3) is 0 Å². The molecule has 6 nitrogen and oxygen atoms in total. The molecular formula is C21H22ClF3N4O2S. The molecule has 3 N–H and O–H groups in total. The van der Waals surface area contributed by atoms with Gasteiger partial charge in [-0.05, 0) is 50.2 Å². The molecule has 172 valence electrons. The van der Waals surface area contributed by atoms with Crippen LogP contribution in [-0.4, -0.2) is 29.9 Å². The van der Waals surface area contributed by atoms with Crippen LogP contribution >= 0.6 is 22.9 Å². The van der Waals surface area contributed by atoms with Crippen molar-refractivity contribution in [3.05, 3.63) is 38.9 Å². The number of nitrogens with zero attached hydrogens (tertiary/aromatic N) is 2. The van der Waals surface area contributed by atoms with Gasteiger partial charge in [0.05, 0.1) is 16.1 Å². The first-order valence-electron chi connectivity index (χ1n) is 10.4. The lowest BCUT2D eigenvalue weighted by Crippen LogP contribution is -2.38. The fourth-order valence-corrected chi connectivity index (χ4v) is 5.88. The molecule has 0 radical (unpaired) electrons. The molecule has 4 rings (SSSR count). The Bertz CT molecular complexity index is 1050. The summed E-state index contributed by atoms with van der Waals surface area (Å²) < 4.78 is 38.5. The average Bonchev–Trinajstić information content (AvgIpc) is 3.11. The van der Waals surface area contributed by atoms with Crippen LogP contribution in [0.4, 0.5) is 24.0 Å². The van der Waals surface area contributed by atoms with Crippen molar-refractivity contribution in [2.24, 2.45) is 11.7 Å². The smallest absolute Gasteiger partial charge is 0.365 e. The zero-order chi connectivity index (χ0) is 23.0. The molecule has 0 atom stereocenters. The number of piperidine rings is 1. The summed E-state index contributed by atoms with van der Waals surface area (Å²) >= 11 is 7.47. The quantitative estimate of drug-likeness (QED) is 0.658. The summed E-state index contributed by atoms with van der Waals surface area (Å²) in [6.45, 7) is 0.861. The van der Waals surface area contributed by atoms with Crippen molar-refractivity contribution in [1.29, 1.82) is 0 Å². The van der Waals surface area contributed by atoms with Crippen LogP contribution in [0.2, 0.25) is 5.02 Å². The number of fused-ring (bicyclic) bond motifs is 1. The third-order valence-electron chi connectivity index (χ3n) is 5.97. The Morgan fingerprint density at radius 1 is 1.22 bits per heavy atom. The Morgan fingerprint density at radius 2 is 1.91 bits per heavy atom. The van der Waals surface area contributed by atoms with E-state index in [9.17, 15) is 22.8 Å². The van der Waals surface area contributed by atoms with Crippen LogP contribution in [0.1, 0.15) is 52.0 Å². The van der Waals surface area contributed by atoms with Gasteiger partial charge in [0.1, 0.15) is 10.8 Å². The maximum atomic E-state index is 12.9. The number of rotatable bonds is 4. The van der Waals surface area contributed by atoms with Crippen molar-refractivity contribution < 1.29 is 22.8 Å².